The van der Waals surface area contributed by atoms with Gasteiger partial charge in [0.1, 0.15) is 0 Å². The quantitative estimate of drug-likeness (QED) is 0.668. The van der Waals surface area contributed by atoms with Crippen molar-refractivity contribution in [1.82, 2.24) is 0 Å². The molecule has 0 fully saturated rings. The van der Waals surface area contributed by atoms with Crippen molar-refractivity contribution in [2.45, 2.75) is 32.7 Å². The molecule has 0 aromatic heterocycles. The van der Waals surface area contributed by atoms with E-state index in [-0.39, 0.29) is 17.6 Å². The molecule has 2 nitrogen and oxygen atoms in total. The Morgan fingerprint density at radius 2 is 2.08 bits per heavy atom. The Bertz CT molecular complexity index is 198. The third-order valence-corrected chi connectivity index (χ3v) is 2.55. The Morgan fingerprint density at radius 3 is 2.42 bits per heavy atom. The molecule has 68 valence electrons. The minimum atomic E-state index is -0.179. The zero-order chi connectivity index (χ0) is 9.24. The van der Waals surface area contributed by atoms with Gasteiger partial charge in [-0.1, -0.05) is 26.8 Å². The summed E-state index contributed by atoms with van der Waals surface area (Å²) in [7, 11) is 0. The lowest BCUT2D eigenvalue weighted by Crippen LogP contribution is -2.38. The Hall–Kier alpha value is -0.630. The highest BCUT2D eigenvalue weighted by atomic mass is 16.3. The molecule has 1 atom stereocenters. The van der Waals surface area contributed by atoms with Gasteiger partial charge in [0.15, 0.2) is 0 Å². The number of allylic oxidation sites excluding steroid dienone is 1. The van der Waals surface area contributed by atoms with E-state index in [4.69, 9.17) is 5.11 Å². The van der Waals surface area contributed by atoms with Gasteiger partial charge in [-0.05, 0) is 17.9 Å². The molecule has 1 rings (SSSR count). The Kier molecular flexibility index (Phi) is 2.38. The van der Waals surface area contributed by atoms with Crippen LogP contribution < -0.4 is 0 Å². The normalized spacial score (nSPS) is 28.3. The predicted molar refractivity (Wildman–Crippen MR) is 51.5 cm³/mol. The van der Waals surface area contributed by atoms with Crippen LogP contribution in [0.2, 0.25) is 0 Å². The standard InChI is InChI=1S/C10H17NO/c1-9(2,3)10(6-8-12)5-4-7-11-10/h4-5,7,12H,6,8H2,1-3H3. The van der Waals surface area contributed by atoms with Gasteiger partial charge in [0.05, 0.1) is 5.54 Å². The lowest BCUT2D eigenvalue weighted by Gasteiger charge is -2.37. The molecule has 1 aliphatic rings. The van der Waals surface area contributed by atoms with Crippen LogP contribution in [0.15, 0.2) is 17.1 Å². The molecule has 0 bridgehead atoms. The molecular formula is C10H17NO. The Morgan fingerprint density at radius 1 is 1.42 bits per heavy atom. The maximum absolute atomic E-state index is 8.95. The van der Waals surface area contributed by atoms with Gasteiger partial charge in [-0.3, -0.25) is 4.99 Å². The molecule has 2 heteroatoms. The molecule has 0 saturated carbocycles. The molecule has 0 spiro atoms. The summed E-state index contributed by atoms with van der Waals surface area (Å²) in [6.07, 6.45) is 6.58. The lowest BCUT2D eigenvalue weighted by atomic mass is 9.72. The van der Waals surface area contributed by atoms with Crippen LogP contribution in [0.4, 0.5) is 0 Å². The monoisotopic (exact) mass is 167 g/mol. The molecule has 0 amide bonds. The molecule has 0 radical (unpaired) electrons. The summed E-state index contributed by atoms with van der Waals surface area (Å²) in [4.78, 5) is 4.43. The number of rotatable bonds is 2. The molecule has 0 saturated heterocycles. The van der Waals surface area contributed by atoms with E-state index in [1.165, 1.54) is 0 Å². The molecule has 12 heavy (non-hydrogen) atoms. The second-order valence-corrected chi connectivity index (χ2v) is 4.29. The minimum absolute atomic E-state index is 0.0826. The van der Waals surface area contributed by atoms with Gasteiger partial charge in [0.2, 0.25) is 0 Å². The highest BCUT2D eigenvalue weighted by molar-refractivity contribution is 5.75. The second-order valence-electron chi connectivity index (χ2n) is 4.29. The maximum Gasteiger partial charge on any atom is 0.0860 e. The van der Waals surface area contributed by atoms with E-state index in [2.05, 4.69) is 31.8 Å². The fourth-order valence-corrected chi connectivity index (χ4v) is 1.56. The number of nitrogens with zero attached hydrogens (tertiary/aromatic N) is 1. The van der Waals surface area contributed by atoms with Crippen molar-refractivity contribution >= 4 is 6.21 Å². The third kappa shape index (κ3) is 1.44. The van der Waals surface area contributed by atoms with Crippen LogP contribution in [0.3, 0.4) is 0 Å². The maximum atomic E-state index is 8.95. The van der Waals surface area contributed by atoms with Crippen molar-refractivity contribution in [3.63, 3.8) is 0 Å². The van der Waals surface area contributed by atoms with Gasteiger partial charge < -0.3 is 5.11 Å². The third-order valence-electron chi connectivity index (χ3n) is 2.55. The largest absolute Gasteiger partial charge is 0.396 e. The van der Waals surface area contributed by atoms with Crippen molar-refractivity contribution in [3.05, 3.63) is 12.2 Å². The van der Waals surface area contributed by atoms with Crippen LogP contribution in [0.1, 0.15) is 27.2 Å². The van der Waals surface area contributed by atoms with E-state index in [1.54, 1.807) is 0 Å². The molecule has 1 N–H and O–H groups in total. The minimum Gasteiger partial charge on any atom is -0.396 e. The summed E-state index contributed by atoms with van der Waals surface area (Å²) < 4.78 is 0. The first-order valence-corrected chi connectivity index (χ1v) is 4.36. The predicted octanol–water partition coefficient (Wildman–Crippen LogP) is 1.79. The van der Waals surface area contributed by atoms with Crippen LogP contribution in [-0.4, -0.2) is 23.5 Å². The molecule has 1 heterocycles. The molecule has 0 aromatic rings. The molecule has 0 aliphatic carbocycles. The van der Waals surface area contributed by atoms with Gasteiger partial charge in [-0.15, -0.1) is 0 Å². The first-order chi connectivity index (χ1) is 5.52. The Balaban J connectivity index is 2.88. The highest BCUT2D eigenvalue weighted by Crippen LogP contribution is 2.39. The number of aliphatic imine (C=N–C) groups is 1. The van der Waals surface area contributed by atoms with Gasteiger partial charge in [0, 0.05) is 12.8 Å². The van der Waals surface area contributed by atoms with Crippen molar-refractivity contribution in [2.24, 2.45) is 10.4 Å². The zero-order valence-electron chi connectivity index (χ0n) is 8.04. The van der Waals surface area contributed by atoms with Gasteiger partial charge >= 0.3 is 0 Å². The van der Waals surface area contributed by atoms with Crippen LogP contribution in [0.25, 0.3) is 0 Å². The smallest absolute Gasteiger partial charge is 0.0860 e. The summed E-state index contributed by atoms with van der Waals surface area (Å²) in [6.45, 7) is 6.64. The first kappa shape index (κ1) is 9.46. The van der Waals surface area contributed by atoms with E-state index in [0.717, 1.165) is 0 Å². The molecule has 1 aliphatic heterocycles. The number of aliphatic hydroxyl groups excluding tert-OH is 1. The number of hydrogen-bond acceptors (Lipinski definition) is 2. The topological polar surface area (TPSA) is 32.6 Å². The van der Waals surface area contributed by atoms with Crippen LogP contribution in [0, 0.1) is 5.41 Å². The van der Waals surface area contributed by atoms with Gasteiger partial charge in [-0.2, -0.15) is 0 Å². The Labute approximate surface area is 74.0 Å². The van der Waals surface area contributed by atoms with E-state index in [1.807, 2.05) is 12.3 Å². The summed E-state index contributed by atoms with van der Waals surface area (Å²) in [5.41, 5.74) is -0.0963. The molecular weight excluding hydrogens is 150 g/mol. The van der Waals surface area contributed by atoms with Crippen molar-refractivity contribution in [2.75, 3.05) is 6.61 Å². The van der Waals surface area contributed by atoms with E-state index >= 15 is 0 Å². The van der Waals surface area contributed by atoms with Gasteiger partial charge in [0.25, 0.3) is 0 Å². The summed E-state index contributed by atoms with van der Waals surface area (Å²) in [5.74, 6) is 0. The van der Waals surface area contributed by atoms with Crippen LogP contribution in [0.5, 0.6) is 0 Å². The van der Waals surface area contributed by atoms with Crippen LogP contribution >= 0.6 is 0 Å². The van der Waals surface area contributed by atoms with Crippen molar-refractivity contribution in [3.8, 4) is 0 Å². The summed E-state index contributed by atoms with van der Waals surface area (Å²) in [5, 5.41) is 8.95. The molecule has 1 unspecified atom stereocenters. The molecule has 0 aromatic carbocycles. The summed E-state index contributed by atoms with van der Waals surface area (Å²) >= 11 is 0. The highest BCUT2D eigenvalue weighted by Gasteiger charge is 2.39. The van der Waals surface area contributed by atoms with E-state index < -0.39 is 0 Å². The number of aliphatic hydroxyl groups is 1. The van der Waals surface area contributed by atoms with E-state index in [9.17, 15) is 0 Å². The van der Waals surface area contributed by atoms with Crippen molar-refractivity contribution in [1.29, 1.82) is 0 Å². The summed E-state index contributed by atoms with van der Waals surface area (Å²) in [6, 6.07) is 0. The fourth-order valence-electron chi connectivity index (χ4n) is 1.56. The van der Waals surface area contributed by atoms with E-state index in [0.29, 0.717) is 6.42 Å². The zero-order valence-corrected chi connectivity index (χ0v) is 8.04. The van der Waals surface area contributed by atoms with Crippen LogP contribution in [-0.2, 0) is 0 Å². The van der Waals surface area contributed by atoms with Gasteiger partial charge in [-0.25, -0.2) is 0 Å². The average Bonchev–Trinajstić information content (AvgIpc) is 2.36. The second kappa shape index (κ2) is 3.02. The lowest BCUT2D eigenvalue weighted by molar-refractivity contribution is 0.180. The number of hydrogen-bond donors (Lipinski definition) is 1. The van der Waals surface area contributed by atoms with Crippen molar-refractivity contribution < 1.29 is 5.11 Å². The average molecular weight is 167 g/mol. The fraction of sp³-hybridized carbons (Fsp3) is 0.700. The SMILES string of the molecule is CC(C)(C)C1(CCO)C=CC=N1. The first-order valence-electron chi connectivity index (χ1n) is 4.36.